The predicted molar refractivity (Wildman–Crippen MR) is 37.9 cm³/mol. The standard InChI is InChI=1S/C5H10O5S/c1-10-4-11(8,9)3-2-5(6)7/h2-4H2,1H3,(H,6,7). The number of hydrogen-bond donors (Lipinski definition) is 1. The molecule has 0 saturated carbocycles. The fourth-order valence-corrected chi connectivity index (χ4v) is 1.44. The second-order valence-corrected chi connectivity index (χ2v) is 4.13. The summed E-state index contributed by atoms with van der Waals surface area (Å²) < 4.78 is 25.9. The summed E-state index contributed by atoms with van der Waals surface area (Å²) in [6, 6.07) is 0. The third-order valence-electron chi connectivity index (χ3n) is 0.924. The van der Waals surface area contributed by atoms with Crippen molar-refractivity contribution in [3.63, 3.8) is 0 Å². The molecule has 0 amide bonds. The lowest BCUT2D eigenvalue weighted by atomic mass is 10.5. The molecule has 0 aliphatic carbocycles. The molecule has 0 rings (SSSR count). The molecule has 0 fully saturated rings. The van der Waals surface area contributed by atoms with Crippen LogP contribution >= 0.6 is 0 Å². The average Bonchev–Trinajstić information content (AvgIpc) is 1.84. The number of carboxylic acid groups (broad SMARTS) is 1. The van der Waals surface area contributed by atoms with Gasteiger partial charge in [0, 0.05) is 7.11 Å². The van der Waals surface area contributed by atoms with Crippen LogP contribution in [0.2, 0.25) is 0 Å². The molecule has 0 unspecified atom stereocenters. The van der Waals surface area contributed by atoms with E-state index in [1.54, 1.807) is 0 Å². The van der Waals surface area contributed by atoms with E-state index in [9.17, 15) is 13.2 Å². The number of hydrogen-bond acceptors (Lipinski definition) is 4. The summed E-state index contributed by atoms with van der Waals surface area (Å²) in [5.74, 6) is -1.90. The highest BCUT2D eigenvalue weighted by atomic mass is 32.2. The van der Waals surface area contributed by atoms with Gasteiger partial charge in [-0.05, 0) is 0 Å². The Morgan fingerprint density at radius 1 is 1.55 bits per heavy atom. The minimum Gasteiger partial charge on any atom is -0.481 e. The van der Waals surface area contributed by atoms with Gasteiger partial charge in [0.25, 0.3) is 0 Å². The maximum absolute atomic E-state index is 10.7. The van der Waals surface area contributed by atoms with Gasteiger partial charge in [0.2, 0.25) is 0 Å². The van der Waals surface area contributed by atoms with Crippen molar-refractivity contribution in [3.8, 4) is 0 Å². The van der Waals surface area contributed by atoms with E-state index in [2.05, 4.69) is 4.74 Å². The lowest BCUT2D eigenvalue weighted by Crippen LogP contribution is -2.15. The van der Waals surface area contributed by atoms with Gasteiger partial charge in [0.05, 0.1) is 12.2 Å². The summed E-state index contributed by atoms with van der Waals surface area (Å²) in [5, 5.41) is 8.14. The van der Waals surface area contributed by atoms with Crippen molar-refractivity contribution in [1.29, 1.82) is 0 Å². The van der Waals surface area contributed by atoms with Crippen LogP contribution in [0.3, 0.4) is 0 Å². The number of aliphatic carboxylic acids is 1. The maximum atomic E-state index is 10.7. The fraction of sp³-hybridized carbons (Fsp3) is 0.800. The first-order valence-electron chi connectivity index (χ1n) is 2.89. The van der Waals surface area contributed by atoms with Crippen LogP contribution in [0.4, 0.5) is 0 Å². The van der Waals surface area contributed by atoms with Gasteiger partial charge < -0.3 is 9.84 Å². The van der Waals surface area contributed by atoms with Crippen LogP contribution in [-0.2, 0) is 19.4 Å². The molecule has 0 aliphatic heterocycles. The van der Waals surface area contributed by atoms with Gasteiger partial charge in [-0.2, -0.15) is 0 Å². The van der Waals surface area contributed by atoms with Gasteiger partial charge in [-0.3, -0.25) is 4.79 Å². The second-order valence-electron chi connectivity index (χ2n) is 2.00. The van der Waals surface area contributed by atoms with Crippen LogP contribution in [-0.4, -0.2) is 38.3 Å². The Kier molecular flexibility index (Phi) is 4.06. The van der Waals surface area contributed by atoms with Crippen molar-refractivity contribution in [2.45, 2.75) is 6.42 Å². The molecule has 0 heterocycles. The van der Waals surface area contributed by atoms with Gasteiger partial charge in [-0.15, -0.1) is 0 Å². The summed E-state index contributed by atoms with van der Waals surface area (Å²) in [4.78, 5) is 9.94. The zero-order chi connectivity index (χ0) is 8.91. The zero-order valence-corrected chi connectivity index (χ0v) is 6.93. The van der Waals surface area contributed by atoms with E-state index in [-0.39, 0.29) is 12.2 Å². The molecule has 0 saturated heterocycles. The first-order chi connectivity index (χ1) is 4.98. The van der Waals surface area contributed by atoms with Gasteiger partial charge >= 0.3 is 5.97 Å². The number of rotatable bonds is 5. The normalized spacial score (nSPS) is 11.4. The Morgan fingerprint density at radius 2 is 2.09 bits per heavy atom. The first-order valence-corrected chi connectivity index (χ1v) is 4.71. The van der Waals surface area contributed by atoms with E-state index >= 15 is 0 Å². The summed E-state index contributed by atoms with van der Waals surface area (Å²) >= 11 is 0. The molecular formula is C5H10O5S. The minimum absolute atomic E-state index is 0.365. The summed E-state index contributed by atoms with van der Waals surface area (Å²) in [6.07, 6.45) is -0.369. The molecule has 0 bridgehead atoms. The fourth-order valence-electron chi connectivity index (χ4n) is 0.481. The molecule has 5 nitrogen and oxygen atoms in total. The molecule has 0 aromatic heterocycles. The molecular weight excluding hydrogens is 172 g/mol. The number of ether oxygens (including phenoxy) is 1. The van der Waals surface area contributed by atoms with Crippen LogP contribution in [0.5, 0.6) is 0 Å². The number of carbonyl (C=O) groups is 1. The average molecular weight is 182 g/mol. The van der Waals surface area contributed by atoms with E-state index in [0.29, 0.717) is 0 Å². The van der Waals surface area contributed by atoms with E-state index in [1.165, 1.54) is 7.11 Å². The highest BCUT2D eigenvalue weighted by Crippen LogP contribution is 1.93. The molecule has 0 aromatic carbocycles. The van der Waals surface area contributed by atoms with Crippen LogP contribution in [0.15, 0.2) is 0 Å². The number of sulfone groups is 1. The molecule has 1 N–H and O–H groups in total. The minimum atomic E-state index is -3.33. The van der Waals surface area contributed by atoms with E-state index < -0.39 is 21.7 Å². The van der Waals surface area contributed by atoms with Crippen molar-refractivity contribution in [3.05, 3.63) is 0 Å². The highest BCUT2D eigenvalue weighted by molar-refractivity contribution is 7.91. The van der Waals surface area contributed by atoms with Crippen molar-refractivity contribution in [2.75, 3.05) is 18.8 Å². The second kappa shape index (κ2) is 4.30. The Hall–Kier alpha value is -0.620. The summed E-state index contributed by atoms with van der Waals surface area (Å²) in [5.41, 5.74) is 0. The molecule has 0 spiro atoms. The largest absolute Gasteiger partial charge is 0.481 e. The lowest BCUT2D eigenvalue weighted by molar-refractivity contribution is -0.136. The zero-order valence-electron chi connectivity index (χ0n) is 6.11. The molecule has 0 aromatic rings. The molecule has 0 atom stereocenters. The lowest BCUT2D eigenvalue weighted by Gasteiger charge is -1.98. The maximum Gasteiger partial charge on any atom is 0.304 e. The molecule has 66 valence electrons. The Bertz CT molecular complexity index is 217. The van der Waals surface area contributed by atoms with Crippen molar-refractivity contribution >= 4 is 15.8 Å². The number of methoxy groups -OCH3 is 1. The van der Waals surface area contributed by atoms with Crippen molar-refractivity contribution < 1.29 is 23.1 Å². The van der Waals surface area contributed by atoms with E-state index in [1.807, 2.05) is 0 Å². The monoisotopic (exact) mass is 182 g/mol. The third kappa shape index (κ3) is 5.81. The van der Waals surface area contributed by atoms with E-state index in [4.69, 9.17) is 5.11 Å². The van der Waals surface area contributed by atoms with Crippen LogP contribution in [0, 0.1) is 0 Å². The third-order valence-corrected chi connectivity index (χ3v) is 2.35. The quantitative estimate of drug-likeness (QED) is 0.618. The van der Waals surface area contributed by atoms with Gasteiger partial charge in [0.1, 0.15) is 5.94 Å². The first kappa shape index (κ1) is 10.4. The smallest absolute Gasteiger partial charge is 0.304 e. The number of carboxylic acids is 1. The molecule has 0 radical (unpaired) electrons. The Morgan fingerprint density at radius 3 is 2.45 bits per heavy atom. The molecule has 0 aliphatic rings. The molecule has 11 heavy (non-hydrogen) atoms. The summed E-state index contributed by atoms with van der Waals surface area (Å²) in [7, 11) is -2.08. The van der Waals surface area contributed by atoms with Crippen molar-refractivity contribution in [2.24, 2.45) is 0 Å². The van der Waals surface area contributed by atoms with E-state index in [0.717, 1.165) is 0 Å². The summed E-state index contributed by atoms with van der Waals surface area (Å²) in [6.45, 7) is 0. The Labute approximate surface area is 64.9 Å². The topological polar surface area (TPSA) is 80.7 Å². The van der Waals surface area contributed by atoms with Gasteiger partial charge in [0.15, 0.2) is 9.84 Å². The predicted octanol–water partition coefficient (Wildman–Crippen LogP) is -0.520. The van der Waals surface area contributed by atoms with Crippen molar-refractivity contribution in [1.82, 2.24) is 0 Å². The highest BCUT2D eigenvalue weighted by Gasteiger charge is 2.11. The SMILES string of the molecule is COCS(=O)(=O)CCC(=O)O. The van der Waals surface area contributed by atoms with Gasteiger partial charge in [-0.25, -0.2) is 8.42 Å². The molecule has 6 heteroatoms. The van der Waals surface area contributed by atoms with Crippen LogP contribution in [0.25, 0.3) is 0 Å². The van der Waals surface area contributed by atoms with Crippen LogP contribution in [0.1, 0.15) is 6.42 Å². The Balaban J connectivity index is 3.84. The van der Waals surface area contributed by atoms with Gasteiger partial charge in [-0.1, -0.05) is 0 Å². The van der Waals surface area contributed by atoms with Crippen LogP contribution < -0.4 is 0 Å².